The quantitative estimate of drug-likeness (QED) is 0.879. The molecule has 0 aliphatic heterocycles. The molecule has 0 saturated heterocycles. The molecule has 0 saturated carbocycles. The molecular weight excluding hydrogens is 256 g/mol. The maximum absolute atomic E-state index is 10.3. The zero-order chi connectivity index (χ0) is 14.5. The first-order valence-electron chi connectivity index (χ1n) is 6.71. The van der Waals surface area contributed by atoms with Crippen LogP contribution in [0.1, 0.15) is 31.2 Å². The van der Waals surface area contributed by atoms with Crippen molar-refractivity contribution in [2.75, 3.05) is 13.2 Å². The Balaban J connectivity index is 2.29. The molecule has 1 heterocycles. The van der Waals surface area contributed by atoms with Crippen molar-refractivity contribution in [1.29, 1.82) is 0 Å². The van der Waals surface area contributed by atoms with Crippen LogP contribution in [0.4, 0.5) is 0 Å². The minimum atomic E-state index is -0.772. The maximum atomic E-state index is 10.3. The Morgan fingerprint density at radius 3 is 2.50 bits per heavy atom. The van der Waals surface area contributed by atoms with Crippen LogP contribution in [0.15, 0.2) is 30.7 Å². The zero-order valence-electron chi connectivity index (χ0n) is 12.0. The van der Waals surface area contributed by atoms with Crippen molar-refractivity contribution >= 4 is 0 Å². The summed E-state index contributed by atoms with van der Waals surface area (Å²) in [5.41, 5.74) is 1.34. The number of aliphatic hydroxyl groups is 1. The fourth-order valence-corrected chi connectivity index (χ4v) is 1.98. The molecule has 0 fully saturated rings. The maximum Gasteiger partial charge on any atom is 0.161 e. The summed E-state index contributed by atoms with van der Waals surface area (Å²) in [6.07, 6.45) is 2.68. The topological polar surface area (TPSA) is 56.5 Å². The highest BCUT2D eigenvalue weighted by molar-refractivity contribution is 5.44. The van der Waals surface area contributed by atoms with E-state index in [2.05, 4.69) is 4.98 Å². The minimum absolute atomic E-state index is 0.545. The Kier molecular flexibility index (Phi) is 4.63. The molecule has 0 aliphatic carbocycles. The van der Waals surface area contributed by atoms with Gasteiger partial charge in [-0.05, 0) is 31.5 Å². The number of imidazole rings is 1. The number of rotatable bonds is 6. The number of aromatic nitrogens is 2. The van der Waals surface area contributed by atoms with Crippen molar-refractivity contribution in [3.63, 3.8) is 0 Å². The number of benzene rings is 1. The highest BCUT2D eigenvalue weighted by Gasteiger charge is 2.16. The van der Waals surface area contributed by atoms with E-state index in [0.717, 1.165) is 5.56 Å². The van der Waals surface area contributed by atoms with Crippen LogP contribution in [0, 0.1) is 0 Å². The number of hydrogen-bond acceptors (Lipinski definition) is 4. The first-order chi connectivity index (χ1) is 9.65. The number of aliphatic hydroxyl groups excluding tert-OH is 1. The normalized spacial score (nSPS) is 12.2. The molecule has 0 radical (unpaired) electrons. The standard InChI is InChI=1S/C15H20N2O3/c1-4-19-13-7-6-11(8-14(13)20-5-2)15(18)12-9-17(3)10-16-12/h6-10,15,18H,4-5H2,1-3H3. The van der Waals surface area contributed by atoms with E-state index in [9.17, 15) is 5.11 Å². The third kappa shape index (κ3) is 3.11. The lowest BCUT2D eigenvalue weighted by molar-refractivity contribution is 0.214. The summed E-state index contributed by atoms with van der Waals surface area (Å²) in [5, 5.41) is 10.3. The van der Waals surface area contributed by atoms with Crippen molar-refractivity contribution in [3.05, 3.63) is 42.0 Å². The van der Waals surface area contributed by atoms with Crippen LogP contribution in [-0.2, 0) is 7.05 Å². The smallest absolute Gasteiger partial charge is 0.161 e. The van der Waals surface area contributed by atoms with E-state index < -0.39 is 6.10 Å². The minimum Gasteiger partial charge on any atom is -0.490 e. The van der Waals surface area contributed by atoms with Crippen molar-refractivity contribution in [2.24, 2.45) is 7.05 Å². The van der Waals surface area contributed by atoms with Gasteiger partial charge < -0.3 is 19.1 Å². The highest BCUT2D eigenvalue weighted by Crippen LogP contribution is 2.32. The van der Waals surface area contributed by atoms with Crippen molar-refractivity contribution in [2.45, 2.75) is 20.0 Å². The van der Waals surface area contributed by atoms with Crippen LogP contribution in [0.25, 0.3) is 0 Å². The third-order valence-electron chi connectivity index (χ3n) is 2.89. The van der Waals surface area contributed by atoms with Gasteiger partial charge in [0, 0.05) is 13.2 Å². The van der Waals surface area contributed by atoms with E-state index >= 15 is 0 Å². The summed E-state index contributed by atoms with van der Waals surface area (Å²) in [7, 11) is 1.87. The van der Waals surface area contributed by atoms with E-state index in [1.165, 1.54) is 0 Å². The van der Waals surface area contributed by atoms with Crippen LogP contribution in [0.3, 0.4) is 0 Å². The van der Waals surface area contributed by atoms with Crippen LogP contribution in [0.2, 0.25) is 0 Å². The number of hydrogen-bond donors (Lipinski definition) is 1. The van der Waals surface area contributed by atoms with Gasteiger partial charge in [0.25, 0.3) is 0 Å². The number of ether oxygens (including phenoxy) is 2. The molecule has 0 aliphatic rings. The largest absolute Gasteiger partial charge is 0.490 e. The number of aryl methyl sites for hydroxylation is 1. The average molecular weight is 276 g/mol. The molecule has 1 N–H and O–H groups in total. The second-order valence-electron chi connectivity index (χ2n) is 4.44. The molecule has 1 aromatic carbocycles. The van der Waals surface area contributed by atoms with Gasteiger partial charge in [0.1, 0.15) is 6.10 Å². The van der Waals surface area contributed by atoms with Gasteiger partial charge >= 0.3 is 0 Å². The van der Waals surface area contributed by atoms with Crippen molar-refractivity contribution < 1.29 is 14.6 Å². The van der Waals surface area contributed by atoms with Gasteiger partial charge in [-0.2, -0.15) is 0 Å². The van der Waals surface area contributed by atoms with Gasteiger partial charge in [-0.15, -0.1) is 0 Å². The summed E-state index contributed by atoms with van der Waals surface area (Å²) < 4.78 is 12.9. The van der Waals surface area contributed by atoms with Crippen molar-refractivity contribution in [3.8, 4) is 11.5 Å². The molecule has 2 rings (SSSR count). The second-order valence-corrected chi connectivity index (χ2v) is 4.44. The molecule has 1 aromatic heterocycles. The molecule has 20 heavy (non-hydrogen) atoms. The molecule has 1 atom stereocenters. The van der Waals surface area contributed by atoms with Crippen LogP contribution in [0.5, 0.6) is 11.5 Å². The fourth-order valence-electron chi connectivity index (χ4n) is 1.98. The first-order valence-corrected chi connectivity index (χ1v) is 6.71. The molecule has 5 heteroatoms. The summed E-state index contributed by atoms with van der Waals surface area (Å²) in [6, 6.07) is 5.44. The Morgan fingerprint density at radius 1 is 1.20 bits per heavy atom. The zero-order valence-corrected chi connectivity index (χ0v) is 12.0. The summed E-state index contributed by atoms with van der Waals surface area (Å²) >= 11 is 0. The van der Waals surface area contributed by atoms with Crippen LogP contribution < -0.4 is 9.47 Å². The molecule has 5 nitrogen and oxygen atoms in total. The van der Waals surface area contributed by atoms with Gasteiger partial charge in [0.2, 0.25) is 0 Å². The monoisotopic (exact) mass is 276 g/mol. The first kappa shape index (κ1) is 14.4. The van der Waals surface area contributed by atoms with Gasteiger partial charge in [-0.3, -0.25) is 0 Å². The molecule has 108 valence electrons. The van der Waals surface area contributed by atoms with E-state index in [1.807, 2.05) is 33.0 Å². The highest BCUT2D eigenvalue weighted by atomic mass is 16.5. The van der Waals surface area contributed by atoms with E-state index in [-0.39, 0.29) is 0 Å². The molecule has 2 aromatic rings. The van der Waals surface area contributed by atoms with Crippen LogP contribution >= 0.6 is 0 Å². The summed E-state index contributed by atoms with van der Waals surface area (Å²) in [5.74, 6) is 1.33. The lowest BCUT2D eigenvalue weighted by Crippen LogP contribution is -2.03. The Labute approximate surface area is 118 Å². The lowest BCUT2D eigenvalue weighted by atomic mass is 10.1. The van der Waals surface area contributed by atoms with E-state index in [4.69, 9.17) is 9.47 Å². The van der Waals surface area contributed by atoms with Gasteiger partial charge in [0.15, 0.2) is 11.5 Å². The van der Waals surface area contributed by atoms with E-state index in [1.54, 1.807) is 23.2 Å². The van der Waals surface area contributed by atoms with Gasteiger partial charge in [0.05, 0.1) is 25.2 Å². The predicted octanol–water partition coefficient (Wildman–Crippen LogP) is 2.30. The fraction of sp³-hybridized carbons (Fsp3) is 0.400. The number of nitrogens with zero attached hydrogens (tertiary/aromatic N) is 2. The Morgan fingerprint density at radius 2 is 1.90 bits per heavy atom. The predicted molar refractivity (Wildman–Crippen MR) is 76.0 cm³/mol. The van der Waals surface area contributed by atoms with E-state index in [0.29, 0.717) is 30.4 Å². The van der Waals surface area contributed by atoms with Gasteiger partial charge in [-0.25, -0.2) is 4.98 Å². The third-order valence-corrected chi connectivity index (χ3v) is 2.89. The molecule has 0 bridgehead atoms. The summed E-state index contributed by atoms with van der Waals surface area (Å²) in [4.78, 5) is 4.17. The Hall–Kier alpha value is -2.01. The molecule has 0 spiro atoms. The molecule has 1 unspecified atom stereocenters. The Bertz CT molecular complexity index is 566. The average Bonchev–Trinajstić information content (AvgIpc) is 2.87. The van der Waals surface area contributed by atoms with Crippen LogP contribution in [-0.4, -0.2) is 27.9 Å². The molecular formula is C15H20N2O3. The summed E-state index contributed by atoms with van der Waals surface area (Å²) in [6.45, 7) is 4.95. The van der Waals surface area contributed by atoms with Gasteiger partial charge in [-0.1, -0.05) is 6.07 Å². The molecule has 0 amide bonds. The second kappa shape index (κ2) is 6.43. The SMILES string of the molecule is CCOc1ccc(C(O)c2cn(C)cn2)cc1OCC. The van der Waals surface area contributed by atoms with Crippen molar-refractivity contribution in [1.82, 2.24) is 9.55 Å². The lowest BCUT2D eigenvalue weighted by Gasteiger charge is -2.14.